The normalized spacial score (nSPS) is 15.0. The van der Waals surface area contributed by atoms with Crippen molar-refractivity contribution in [1.82, 2.24) is 4.90 Å². The maximum atomic E-state index is 9.81. The molecule has 1 N–H and O–H groups in total. The summed E-state index contributed by atoms with van der Waals surface area (Å²) in [5.41, 5.74) is 5.73. The second kappa shape index (κ2) is 10.9. The van der Waals surface area contributed by atoms with Gasteiger partial charge < -0.3 is 9.84 Å². The summed E-state index contributed by atoms with van der Waals surface area (Å²) in [6.45, 7) is 4.21. The van der Waals surface area contributed by atoms with Crippen LogP contribution in [0.2, 0.25) is 0 Å². The molecule has 0 aromatic heterocycles. The first kappa shape index (κ1) is 21.4. The molecule has 3 heteroatoms. The molecule has 0 aliphatic carbocycles. The second-order valence-electron chi connectivity index (χ2n) is 7.98. The number of benzene rings is 3. The summed E-state index contributed by atoms with van der Waals surface area (Å²) in [5, 5.41) is 9.81. The SMILES string of the molecule is OCC/C(=C(\c1ccccc1)c1ccc(OCCN2CCCC2)cc1)c1ccccc1. The van der Waals surface area contributed by atoms with E-state index in [1.807, 2.05) is 24.3 Å². The number of hydrogen-bond acceptors (Lipinski definition) is 3. The van der Waals surface area contributed by atoms with Crippen LogP contribution in [-0.2, 0) is 0 Å². The summed E-state index contributed by atoms with van der Waals surface area (Å²) >= 11 is 0. The van der Waals surface area contributed by atoms with E-state index in [1.54, 1.807) is 0 Å². The Morgan fingerprint density at radius 3 is 1.94 bits per heavy atom. The molecule has 1 saturated heterocycles. The van der Waals surface area contributed by atoms with E-state index in [2.05, 4.69) is 65.6 Å². The van der Waals surface area contributed by atoms with E-state index in [9.17, 15) is 5.11 Å². The Kier molecular flexibility index (Phi) is 7.54. The molecule has 0 radical (unpaired) electrons. The van der Waals surface area contributed by atoms with Crippen LogP contribution >= 0.6 is 0 Å². The zero-order valence-electron chi connectivity index (χ0n) is 18.0. The minimum Gasteiger partial charge on any atom is -0.492 e. The average molecular weight is 414 g/mol. The fourth-order valence-electron chi connectivity index (χ4n) is 4.30. The van der Waals surface area contributed by atoms with Gasteiger partial charge in [-0.15, -0.1) is 0 Å². The van der Waals surface area contributed by atoms with Gasteiger partial charge in [-0.25, -0.2) is 0 Å². The number of likely N-dealkylation sites (tertiary alicyclic amines) is 1. The lowest BCUT2D eigenvalue weighted by molar-refractivity contribution is 0.238. The Hall–Kier alpha value is -2.88. The standard InChI is InChI=1S/C28H31NO2/c30-21-17-27(23-9-3-1-4-10-23)28(24-11-5-2-6-12-24)25-13-15-26(16-14-25)31-22-20-29-18-7-8-19-29/h1-6,9-16,30H,7-8,17-22H2/b28-27-. The molecular formula is C28H31NO2. The zero-order valence-corrected chi connectivity index (χ0v) is 18.0. The molecule has 3 aromatic carbocycles. The number of aliphatic hydroxyl groups is 1. The average Bonchev–Trinajstić information content (AvgIpc) is 3.35. The summed E-state index contributed by atoms with van der Waals surface area (Å²) in [5.74, 6) is 0.902. The van der Waals surface area contributed by atoms with Crippen LogP contribution in [0.3, 0.4) is 0 Å². The Balaban J connectivity index is 1.62. The van der Waals surface area contributed by atoms with Crippen LogP contribution in [0, 0.1) is 0 Å². The Morgan fingerprint density at radius 1 is 0.742 bits per heavy atom. The molecule has 0 saturated carbocycles. The van der Waals surface area contributed by atoms with Gasteiger partial charge in [0.25, 0.3) is 0 Å². The van der Waals surface area contributed by atoms with E-state index in [0.717, 1.165) is 46.7 Å². The zero-order chi connectivity index (χ0) is 21.3. The molecule has 0 bridgehead atoms. The molecule has 3 nitrogen and oxygen atoms in total. The monoisotopic (exact) mass is 413 g/mol. The van der Waals surface area contributed by atoms with Gasteiger partial charge in [0.2, 0.25) is 0 Å². The second-order valence-corrected chi connectivity index (χ2v) is 7.98. The third kappa shape index (κ3) is 5.63. The van der Waals surface area contributed by atoms with Crippen molar-refractivity contribution in [3.63, 3.8) is 0 Å². The van der Waals surface area contributed by atoms with E-state index >= 15 is 0 Å². The fourth-order valence-corrected chi connectivity index (χ4v) is 4.30. The smallest absolute Gasteiger partial charge is 0.119 e. The van der Waals surface area contributed by atoms with Crippen LogP contribution in [0.25, 0.3) is 11.1 Å². The van der Waals surface area contributed by atoms with Gasteiger partial charge in [0.1, 0.15) is 12.4 Å². The van der Waals surface area contributed by atoms with Gasteiger partial charge in [-0.1, -0.05) is 72.8 Å². The maximum Gasteiger partial charge on any atom is 0.119 e. The van der Waals surface area contributed by atoms with Crippen LogP contribution in [0.15, 0.2) is 84.9 Å². The molecular weight excluding hydrogens is 382 g/mol. The van der Waals surface area contributed by atoms with Gasteiger partial charge in [0.05, 0.1) is 0 Å². The molecule has 31 heavy (non-hydrogen) atoms. The molecule has 3 aromatic rings. The fraction of sp³-hybridized carbons (Fsp3) is 0.286. The molecule has 160 valence electrons. The van der Waals surface area contributed by atoms with Crippen molar-refractivity contribution in [3.05, 3.63) is 102 Å². The van der Waals surface area contributed by atoms with E-state index in [-0.39, 0.29) is 6.61 Å². The number of hydrogen-bond donors (Lipinski definition) is 1. The molecule has 1 aliphatic rings. The first-order valence-electron chi connectivity index (χ1n) is 11.3. The third-order valence-corrected chi connectivity index (χ3v) is 5.87. The van der Waals surface area contributed by atoms with E-state index < -0.39 is 0 Å². The molecule has 0 unspecified atom stereocenters. The topological polar surface area (TPSA) is 32.7 Å². The number of ether oxygens (including phenoxy) is 1. The van der Waals surface area contributed by atoms with Crippen LogP contribution in [0.1, 0.15) is 36.0 Å². The molecule has 0 atom stereocenters. The summed E-state index contributed by atoms with van der Waals surface area (Å²) < 4.78 is 6.00. The van der Waals surface area contributed by atoms with E-state index in [1.165, 1.54) is 25.9 Å². The van der Waals surface area contributed by atoms with Gasteiger partial charge in [0.15, 0.2) is 0 Å². The number of rotatable bonds is 9. The lowest BCUT2D eigenvalue weighted by atomic mass is 9.88. The Morgan fingerprint density at radius 2 is 1.32 bits per heavy atom. The highest BCUT2D eigenvalue weighted by molar-refractivity contribution is 5.98. The predicted molar refractivity (Wildman–Crippen MR) is 128 cm³/mol. The first-order chi connectivity index (χ1) is 15.3. The molecule has 4 rings (SSSR count). The van der Waals surface area contributed by atoms with Crippen molar-refractivity contribution in [1.29, 1.82) is 0 Å². The van der Waals surface area contributed by atoms with Gasteiger partial charge in [-0.05, 0) is 72.3 Å². The van der Waals surface area contributed by atoms with Crippen molar-refractivity contribution >= 4 is 11.1 Å². The summed E-state index contributed by atoms with van der Waals surface area (Å²) in [7, 11) is 0. The Labute approximate surface area is 185 Å². The van der Waals surface area contributed by atoms with Crippen LogP contribution in [0.5, 0.6) is 5.75 Å². The van der Waals surface area contributed by atoms with Gasteiger partial charge in [-0.3, -0.25) is 4.90 Å². The first-order valence-corrected chi connectivity index (χ1v) is 11.3. The molecule has 1 fully saturated rings. The molecule has 0 amide bonds. The summed E-state index contributed by atoms with van der Waals surface area (Å²) in [6, 6.07) is 29.2. The highest BCUT2D eigenvalue weighted by Crippen LogP contribution is 2.34. The molecule has 0 spiro atoms. The van der Waals surface area contributed by atoms with Crippen molar-refractivity contribution < 1.29 is 9.84 Å². The highest BCUT2D eigenvalue weighted by atomic mass is 16.5. The van der Waals surface area contributed by atoms with Crippen LogP contribution < -0.4 is 4.74 Å². The summed E-state index contributed by atoms with van der Waals surface area (Å²) in [6.07, 6.45) is 3.21. The van der Waals surface area contributed by atoms with Crippen molar-refractivity contribution in [2.45, 2.75) is 19.3 Å². The maximum absolute atomic E-state index is 9.81. The third-order valence-electron chi connectivity index (χ3n) is 5.87. The Bertz CT molecular complexity index is 959. The number of nitrogens with zero attached hydrogens (tertiary/aromatic N) is 1. The van der Waals surface area contributed by atoms with Crippen molar-refractivity contribution in [2.75, 3.05) is 32.8 Å². The minimum absolute atomic E-state index is 0.109. The van der Waals surface area contributed by atoms with Crippen LogP contribution in [-0.4, -0.2) is 42.9 Å². The van der Waals surface area contributed by atoms with E-state index in [0.29, 0.717) is 6.42 Å². The highest BCUT2D eigenvalue weighted by Gasteiger charge is 2.14. The lowest BCUT2D eigenvalue weighted by Gasteiger charge is -2.18. The van der Waals surface area contributed by atoms with E-state index in [4.69, 9.17) is 4.74 Å². The van der Waals surface area contributed by atoms with Crippen molar-refractivity contribution in [3.8, 4) is 5.75 Å². The largest absolute Gasteiger partial charge is 0.492 e. The molecule has 1 aliphatic heterocycles. The van der Waals surface area contributed by atoms with Gasteiger partial charge in [-0.2, -0.15) is 0 Å². The predicted octanol–water partition coefficient (Wildman–Crippen LogP) is 5.50. The van der Waals surface area contributed by atoms with Gasteiger partial charge in [0, 0.05) is 13.2 Å². The molecule has 1 heterocycles. The van der Waals surface area contributed by atoms with Crippen molar-refractivity contribution in [2.24, 2.45) is 0 Å². The quantitative estimate of drug-likeness (QED) is 0.470. The minimum atomic E-state index is 0.109. The lowest BCUT2D eigenvalue weighted by Crippen LogP contribution is -2.25. The van der Waals surface area contributed by atoms with Crippen LogP contribution in [0.4, 0.5) is 0 Å². The summed E-state index contributed by atoms with van der Waals surface area (Å²) in [4.78, 5) is 2.46. The van der Waals surface area contributed by atoms with Gasteiger partial charge >= 0.3 is 0 Å². The number of aliphatic hydroxyl groups excluding tert-OH is 1.